The lowest BCUT2D eigenvalue weighted by atomic mass is 11.0. The first-order valence-corrected chi connectivity index (χ1v) is 1.68. The van der Waals surface area contributed by atoms with E-state index in [4.69, 9.17) is 5.41 Å². The molecule has 0 atom stereocenters. The number of isocyanates is 1. The van der Waals surface area contributed by atoms with Crippen molar-refractivity contribution in [3.8, 4) is 0 Å². The summed E-state index contributed by atoms with van der Waals surface area (Å²) in [6.45, 7) is 0. The van der Waals surface area contributed by atoms with E-state index >= 15 is 0 Å². The number of hydrogen-bond acceptors (Lipinski definition) is 3. The van der Waals surface area contributed by atoms with Crippen molar-refractivity contribution in [3.05, 3.63) is 0 Å². The van der Waals surface area contributed by atoms with Gasteiger partial charge in [0.15, 0.2) is 0 Å². The second-order valence-electron chi connectivity index (χ2n) is 0.797. The summed E-state index contributed by atoms with van der Waals surface area (Å²) in [5.74, 6) is 0. The third-order valence-corrected chi connectivity index (χ3v) is 0.343. The van der Waals surface area contributed by atoms with Crippen LogP contribution in [0.15, 0.2) is 4.99 Å². The summed E-state index contributed by atoms with van der Waals surface area (Å²) in [7, 11) is 0. The summed E-state index contributed by atoms with van der Waals surface area (Å²) in [5, 5.41) is 8.08. The Balaban J connectivity index is 3.65. The number of hydrogen-bond donors (Lipinski definition) is 2. The van der Waals surface area contributed by atoms with Crippen LogP contribution in [0.25, 0.3) is 0 Å². The van der Waals surface area contributed by atoms with Gasteiger partial charge in [-0.15, -0.1) is 4.99 Å². The molecule has 0 aliphatic heterocycles. The number of urea groups is 1. The van der Waals surface area contributed by atoms with Gasteiger partial charge in [0.1, 0.15) is 0 Å². The lowest BCUT2D eigenvalue weighted by Crippen LogP contribution is -2.15. The van der Waals surface area contributed by atoms with Crippen LogP contribution in [0.1, 0.15) is 0 Å². The molecule has 0 aliphatic carbocycles. The van der Waals surface area contributed by atoms with Crippen LogP contribution in [0.3, 0.4) is 0 Å². The lowest BCUT2D eigenvalue weighted by molar-refractivity contribution is 0.253. The zero-order valence-electron chi connectivity index (χ0n) is 3.84. The zero-order valence-corrected chi connectivity index (χ0v) is 3.84. The smallest absolute Gasteiger partial charge is 0.296 e. The summed E-state index contributed by atoms with van der Waals surface area (Å²) < 4.78 is 0. The zero-order chi connectivity index (χ0) is 6.41. The Morgan fingerprint density at radius 3 is 2.88 bits per heavy atom. The van der Waals surface area contributed by atoms with Gasteiger partial charge in [-0.1, -0.05) is 0 Å². The van der Waals surface area contributed by atoms with Crippen molar-refractivity contribution < 1.29 is 9.59 Å². The Hall–Kier alpha value is -1.48. The second-order valence-corrected chi connectivity index (χ2v) is 0.797. The van der Waals surface area contributed by atoms with Crippen LogP contribution < -0.4 is 5.32 Å². The van der Waals surface area contributed by atoms with E-state index < -0.39 is 6.03 Å². The van der Waals surface area contributed by atoms with Gasteiger partial charge in [-0.05, 0) is 0 Å². The Labute approximate surface area is 44.9 Å². The van der Waals surface area contributed by atoms with Crippen LogP contribution in [0.2, 0.25) is 0 Å². The van der Waals surface area contributed by atoms with Crippen LogP contribution in [-0.4, -0.2) is 18.4 Å². The lowest BCUT2D eigenvalue weighted by Gasteiger charge is -1.81. The molecule has 0 radical (unpaired) electrons. The summed E-state index contributed by atoms with van der Waals surface area (Å²) in [6, 6.07) is -0.880. The highest BCUT2D eigenvalue weighted by molar-refractivity contribution is 5.88. The minimum Gasteiger partial charge on any atom is -0.296 e. The van der Waals surface area contributed by atoms with E-state index in [0.29, 0.717) is 6.34 Å². The number of nitrogens with one attached hydrogen (secondary N) is 2. The van der Waals surface area contributed by atoms with E-state index in [1.54, 1.807) is 0 Å². The molecule has 2 amide bonds. The Morgan fingerprint density at radius 1 is 1.88 bits per heavy atom. The third-order valence-electron chi connectivity index (χ3n) is 0.343. The fourth-order valence-corrected chi connectivity index (χ4v) is 0.135. The van der Waals surface area contributed by atoms with E-state index in [2.05, 4.69) is 4.99 Å². The van der Waals surface area contributed by atoms with E-state index in [-0.39, 0.29) is 0 Å². The number of aliphatic imine (C=N–C) groups is 1. The molecule has 0 bridgehead atoms. The average Bonchev–Trinajstić information content (AvgIpc) is 1.68. The predicted molar refractivity (Wildman–Crippen MR) is 25.4 cm³/mol. The number of rotatable bonds is 1. The van der Waals surface area contributed by atoms with Gasteiger partial charge in [-0.2, -0.15) is 0 Å². The first-order valence-electron chi connectivity index (χ1n) is 1.68. The highest BCUT2D eigenvalue weighted by Crippen LogP contribution is 1.63. The molecule has 0 aromatic carbocycles. The minimum atomic E-state index is -0.880. The van der Waals surface area contributed by atoms with Gasteiger partial charge >= 0.3 is 6.03 Å². The standard InChI is InChI=1S/C3H3N3O2/c4-1-5-3(8)6-2-7/h1H,(H2,4,5,8). The van der Waals surface area contributed by atoms with Gasteiger partial charge in [0, 0.05) is 0 Å². The van der Waals surface area contributed by atoms with Gasteiger partial charge in [-0.25, -0.2) is 9.59 Å². The highest BCUT2D eigenvalue weighted by Gasteiger charge is 1.87. The normalized spacial score (nSPS) is 6.50. The molecule has 0 aromatic heterocycles. The number of nitrogens with zero attached hydrogens (tertiary/aromatic N) is 1. The second kappa shape index (κ2) is 3.70. The molecule has 42 valence electrons. The van der Waals surface area contributed by atoms with Gasteiger partial charge in [0.05, 0.1) is 6.34 Å². The summed E-state index contributed by atoms with van der Waals surface area (Å²) >= 11 is 0. The first kappa shape index (κ1) is 6.52. The van der Waals surface area contributed by atoms with Crippen molar-refractivity contribution in [2.24, 2.45) is 4.99 Å². The fraction of sp³-hybridized carbons (Fsp3) is 0. The molecular weight excluding hydrogens is 110 g/mol. The molecule has 0 heterocycles. The van der Waals surface area contributed by atoms with Crippen molar-refractivity contribution in [1.29, 1.82) is 5.41 Å². The van der Waals surface area contributed by atoms with Gasteiger partial charge < -0.3 is 0 Å². The topological polar surface area (TPSA) is 82.4 Å². The van der Waals surface area contributed by atoms with Crippen molar-refractivity contribution in [1.82, 2.24) is 5.32 Å². The highest BCUT2D eigenvalue weighted by atomic mass is 16.2. The van der Waals surface area contributed by atoms with E-state index in [9.17, 15) is 9.59 Å². The maximum Gasteiger partial charge on any atom is 0.356 e. The molecule has 2 N–H and O–H groups in total. The molecule has 0 aliphatic rings. The summed E-state index contributed by atoms with van der Waals surface area (Å²) in [5.41, 5.74) is 0. The van der Waals surface area contributed by atoms with Crippen molar-refractivity contribution >= 4 is 18.4 Å². The van der Waals surface area contributed by atoms with E-state index in [0.717, 1.165) is 6.08 Å². The Kier molecular flexibility index (Phi) is 3.02. The molecule has 0 saturated heterocycles. The van der Waals surface area contributed by atoms with Crippen molar-refractivity contribution in [3.63, 3.8) is 0 Å². The maximum atomic E-state index is 9.95. The molecule has 5 nitrogen and oxygen atoms in total. The number of amides is 2. The molecule has 0 aromatic rings. The summed E-state index contributed by atoms with van der Waals surface area (Å²) in [4.78, 5) is 21.8. The van der Waals surface area contributed by atoms with Crippen LogP contribution in [0.5, 0.6) is 0 Å². The molecular formula is C3H3N3O2. The van der Waals surface area contributed by atoms with Crippen LogP contribution in [0.4, 0.5) is 4.79 Å². The molecule has 0 spiro atoms. The fourth-order valence-electron chi connectivity index (χ4n) is 0.135. The van der Waals surface area contributed by atoms with Gasteiger partial charge in [0.25, 0.3) is 0 Å². The minimum absolute atomic E-state index is 0.628. The Bertz CT molecular complexity index is 147. The van der Waals surface area contributed by atoms with Gasteiger partial charge in [0.2, 0.25) is 6.08 Å². The third kappa shape index (κ3) is 2.74. The molecule has 0 rings (SSSR count). The number of carbonyl (C=O) groups is 1. The quantitative estimate of drug-likeness (QED) is 0.276. The van der Waals surface area contributed by atoms with E-state index in [1.165, 1.54) is 0 Å². The SMILES string of the molecule is N=CNC(=O)N=C=O. The largest absolute Gasteiger partial charge is 0.356 e. The predicted octanol–water partition coefficient (Wildman–Crippen LogP) is -0.361. The maximum absolute atomic E-state index is 9.95. The van der Waals surface area contributed by atoms with Crippen LogP contribution >= 0.6 is 0 Å². The summed E-state index contributed by atoms with van der Waals surface area (Å²) in [6.07, 6.45) is 1.64. The van der Waals surface area contributed by atoms with Crippen LogP contribution in [-0.2, 0) is 4.79 Å². The first-order chi connectivity index (χ1) is 3.81. The molecule has 0 fully saturated rings. The molecule has 0 saturated carbocycles. The van der Waals surface area contributed by atoms with Gasteiger partial charge in [-0.3, -0.25) is 10.7 Å². The number of carbonyl (C=O) groups excluding carboxylic acids is 2. The van der Waals surface area contributed by atoms with E-state index in [1.807, 2.05) is 5.32 Å². The van der Waals surface area contributed by atoms with Crippen molar-refractivity contribution in [2.75, 3.05) is 0 Å². The monoisotopic (exact) mass is 113 g/mol. The molecule has 0 unspecified atom stereocenters. The van der Waals surface area contributed by atoms with Crippen molar-refractivity contribution in [2.45, 2.75) is 0 Å². The van der Waals surface area contributed by atoms with Crippen LogP contribution in [0, 0.1) is 5.41 Å². The molecule has 5 heteroatoms. The molecule has 8 heavy (non-hydrogen) atoms. The average molecular weight is 113 g/mol. The Morgan fingerprint density at radius 2 is 2.50 bits per heavy atom.